The maximum atomic E-state index is 13.9. The highest BCUT2D eigenvalue weighted by molar-refractivity contribution is 8.08. The van der Waals surface area contributed by atoms with E-state index in [1.54, 1.807) is 0 Å². The van der Waals surface area contributed by atoms with Gasteiger partial charge in [-0.25, -0.2) is 28.2 Å². The number of hydrogen-bond donors (Lipinski definition) is 9. The SMILES string of the molecule is Nc1ncnc2c1ncn2[C@@H]1O[C@H](COP(O)(=S)OP(=O)(O)O[C@@H]2OC([C@@H](F)CO)[C@@H](O)C(O)[C@H]2O)[C@H](O)C1O. The van der Waals surface area contributed by atoms with Gasteiger partial charge in [0, 0.05) is 0 Å². The molecule has 0 bridgehead atoms. The van der Waals surface area contributed by atoms with Gasteiger partial charge in [-0.15, -0.1) is 0 Å². The minimum Gasteiger partial charge on any atom is -0.393 e. The standard InChI is InChI=1S/C17H26FN5O14P2S/c18-5(1-24)13-10(27)9(26)12(29)17(35-13)36-38(30,31)37-39(32,40)33-2-6-8(25)11(28)16(34-6)23-4-22-7-14(19)20-3-21-15(7)23/h3-6,8-13,16-17,24-29H,1-2H2,(H,30,31)(H,32,40)(H2,19,20,21)/t5-,6+,8-,9?,10-,11?,12+,13?,16+,17-,39?/m0/s1. The lowest BCUT2D eigenvalue weighted by Gasteiger charge is -2.41. The van der Waals surface area contributed by atoms with E-state index in [-0.39, 0.29) is 17.0 Å². The van der Waals surface area contributed by atoms with Crippen LogP contribution in [0.15, 0.2) is 12.7 Å². The Labute approximate surface area is 228 Å². The van der Waals surface area contributed by atoms with Gasteiger partial charge in [-0.3, -0.25) is 9.09 Å². The molecule has 0 amide bonds. The Morgan fingerprint density at radius 2 is 1.77 bits per heavy atom. The number of aliphatic hydroxyl groups is 6. The third kappa shape index (κ3) is 6.50. The Morgan fingerprint density at radius 1 is 1.07 bits per heavy atom. The van der Waals surface area contributed by atoms with Gasteiger partial charge in [0.1, 0.15) is 54.6 Å². The number of nitrogen functional groups attached to an aromatic ring is 1. The first-order valence-electron chi connectivity index (χ1n) is 11.2. The van der Waals surface area contributed by atoms with E-state index in [0.29, 0.717) is 0 Å². The number of anilines is 1. The van der Waals surface area contributed by atoms with E-state index in [4.69, 9.17) is 24.8 Å². The number of rotatable bonds is 10. The highest BCUT2D eigenvalue weighted by Crippen LogP contribution is 2.61. The summed E-state index contributed by atoms with van der Waals surface area (Å²) in [5.74, 6) is 0.0516. The van der Waals surface area contributed by atoms with E-state index >= 15 is 0 Å². The van der Waals surface area contributed by atoms with Crippen molar-refractivity contribution < 1.29 is 72.2 Å². The van der Waals surface area contributed by atoms with Crippen LogP contribution in [0.3, 0.4) is 0 Å². The third-order valence-corrected chi connectivity index (χ3v) is 9.50. The first-order valence-corrected chi connectivity index (χ1v) is 15.3. The second-order valence-electron chi connectivity index (χ2n) is 8.69. The maximum Gasteiger partial charge on any atom is 0.481 e. The molecule has 2 aliphatic heterocycles. The van der Waals surface area contributed by atoms with Crippen molar-refractivity contribution in [3.8, 4) is 0 Å². The molecule has 40 heavy (non-hydrogen) atoms. The van der Waals surface area contributed by atoms with Gasteiger partial charge in [-0.1, -0.05) is 0 Å². The Morgan fingerprint density at radius 3 is 2.45 bits per heavy atom. The average Bonchev–Trinajstić information content (AvgIpc) is 3.43. The molecule has 0 aromatic carbocycles. The summed E-state index contributed by atoms with van der Waals surface area (Å²) in [6.45, 7) is -6.63. The lowest BCUT2D eigenvalue weighted by Crippen LogP contribution is -2.60. The van der Waals surface area contributed by atoms with Gasteiger partial charge in [0.15, 0.2) is 30.2 Å². The zero-order chi connectivity index (χ0) is 29.6. The molecule has 19 nitrogen and oxygen atoms in total. The predicted octanol–water partition coefficient (Wildman–Crippen LogP) is -3.47. The normalized spacial score (nSPS) is 36.8. The summed E-state index contributed by atoms with van der Waals surface area (Å²) in [6, 6.07) is 0. The van der Waals surface area contributed by atoms with Gasteiger partial charge in [0.2, 0.25) is 0 Å². The molecule has 2 aliphatic rings. The van der Waals surface area contributed by atoms with Crippen molar-refractivity contribution in [1.29, 1.82) is 0 Å². The van der Waals surface area contributed by atoms with Gasteiger partial charge in [0.05, 0.1) is 19.5 Å². The fraction of sp³-hybridized carbons (Fsp3) is 0.706. The average molecular weight is 637 g/mol. The molecule has 0 saturated carbocycles. The van der Waals surface area contributed by atoms with Crippen molar-refractivity contribution in [1.82, 2.24) is 19.5 Å². The van der Waals surface area contributed by atoms with E-state index in [9.17, 15) is 44.3 Å². The molecule has 2 aromatic rings. The van der Waals surface area contributed by atoms with Crippen LogP contribution in [0.25, 0.3) is 11.2 Å². The first kappa shape index (κ1) is 31.6. The number of phosphoric ester groups is 1. The summed E-state index contributed by atoms with van der Waals surface area (Å²) in [4.78, 5) is 32.1. The summed E-state index contributed by atoms with van der Waals surface area (Å²) in [7, 11) is -5.49. The van der Waals surface area contributed by atoms with E-state index in [2.05, 4.69) is 35.6 Å². The lowest BCUT2D eigenvalue weighted by molar-refractivity contribution is -0.287. The van der Waals surface area contributed by atoms with Crippen molar-refractivity contribution in [3.05, 3.63) is 12.7 Å². The molecule has 12 atom stereocenters. The van der Waals surface area contributed by atoms with Crippen LogP contribution in [-0.4, -0.2) is 128 Å². The summed E-state index contributed by atoms with van der Waals surface area (Å²) in [5.41, 5.74) is 6.10. The van der Waals surface area contributed by atoms with Crippen molar-refractivity contribution >= 4 is 43.3 Å². The number of ether oxygens (including phenoxy) is 2. The smallest absolute Gasteiger partial charge is 0.393 e. The monoisotopic (exact) mass is 637 g/mol. The summed E-state index contributed by atoms with van der Waals surface area (Å²) < 4.78 is 52.0. The van der Waals surface area contributed by atoms with Crippen LogP contribution >= 0.6 is 14.5 Å². The van der Waals surface area contributed by atoms with Crippen LogP contribution in [-0.2, 0) is 39.2 Å². The largest absolute Gasteiger partial charge is 0.481 e. The fourth-order valence-electron chi connectivity index (χ4n) is 3.99. The van der Waals surface area contributed by atoms with Crippen LogP contribution in [0.1, 0.15) is 6.23 Å². The summed E-state index contributed by atoms with van der Waals surface area (Å²) >= 11 is 4.68. The number of halogens is 1. The minimum absolute atomic E-state index is 0.0516. The van der Waals surface area contributed by atoms with Crippen molar-refractivity contribution in [2.24, 2.45) is 0 Å². The fourth-order valence-corrected chi connectivity index (χ4v) is 7.09. The molecule has 4 heterocycles. The number of imidazole rings is 1. The number of nitrogens with two attached hydrogens (primary N) is 1. The van der Waals surface area contributed by atoms with E-state index in [0.717, 1.165) is 6.33 Å². The molecule has 10 N–H and O–H groups in total. The van der Waals surface area contributed by atoms with Gasteiger partial charge in [-0.2, -0.15) is 0 Å². The second kappa shape index (κ2) is 12.1. The topological polar surface area (TPSA) is 295 Å². The van der Waals surface area contributed by atoms with Crippen LogP contribution < -0.4 is 5.73 Å². The molecule has 23 heteroatoms. The van der Waals surface area contributed by atoms with Crippen molar-refractivity contribution in [2.75, 3.05) is 18.9 Å². The van der Waals surface area contributed by atoms with Crippen LogP contribution in [0.5, 0.6) is 0 Å². The number of phosphoric acid groups is 1. The second-order valence-corrected chi connectivity index (χ2v) is 13.1. The third-order valence-electron chi connectivity index (χ3n) is 5.98. The lowest BCUT2D eigenvalue weighted by atomic mass is 9.96. The van der Waals surface area contributed by atoms with Gasteiger partial charge < -0.3 is 60.2 Å². The predicted molar refractivity (Wildman–Crippen MR) is 129 cm³/mol. The number of fused-ring (bicyclic) bond motifs is 1. The van der Waals surface area contributed by atoms with Crippen LogP contribution in [0, 0.1) is 0 Å². The first-order chi connectivity index (χ1) is 18.7. The zero-order valence-corrected chi connectivity index (χ0v) is 22.5. The molecule has 5 unspecified atom stereocenters. The Balaban J connectivity index is 1.38. The molecule has 0 spiro atoms. The molecule has 4 rings (SSSR count). The molecule has 2 saturated heterocycles. The number of hydrogen-bond acceptors (Lipinski definition) is 17. The molecule has 2 aromatic heterocycles. The highest BCUT2D eigenvalue weighted by Gasteiger charge is 2.51. The highest BCUT2D eigenvalue weighted by atomic mass is 32.5. The van der Waals surface area contributed by atoms with Gasteiger partial charge >= 0.3 is 14.5 Å². The van der Waals surface area contributed by atoms with E-state index < -0.39 is 89.2 Å². The number of aromatic nitrogens is 4. The molecule has 0 aliphatic carbocycles. The number of aliphatic hydroxyl groups excluding tert-OH is 6. The van der Waals surface area contributed by atoms with Crippen molar-refractivity contribution in [2.45, 2.75) is 61.4 Å². The molecular weight excluding hydrogens is 611 g/mol. The Kier molecular flexibility index (Phi) is 9.55. The maximum absolute atomic E-state index is 13.9. The van der Waals surface area contributed by atoms with E-state index in [1.807, 2.05) is 0 Å². The van der Waals surface area contributed by atoms with Gasteiger partial charge in [0.25, 0.3) is 0 Å². The van der Waals surface area contributed by atoms with Crippen LogP contribution in [0.2, 0.25) is 0 Å². The minimum atomic E-state index is -5.49. The Bertz CT molecular complexity index is 1300. The quantitative estimate of drug-likeness (QED) is 0.114. The molecular formula is C17H26FN5O14P2S. The number of nitrogens with zero attached hydrogens (tertiary/aromatic N) is 4. The summed E-state index contributed by atoms with van der Waals surface area (Å²) in [5, 5.41) is 59.5. The van der Waals surface area contributed by atoms with Crippen LogP contribution in [0.4, 0.5) is 10.2 Å². The van der Waals surface area contributed by atoms with Gasteiger partial charge in [-0.05, 0) is 11.8 Å². The Hall–Kier alpha value is -1.36. The van der Waals surface area contributed by atoms with E-state index in [1.165, 1.54) is 10.9 Å². The molecule has 2 fully saturated rings. The molecule has 226 valence electrons. The summed E-state index contributed by atoms with van der Waals surface area (Å²) in [6.07, 6.45) is -16.3. The molecule has 0 radical (unpaired) electrons. The van der Waals surface area contributed by atoms with Crippen molar-refractivity contribution in [3.63, 3.8) is 0 Å². The number of alkyl halides is 1. The zero-order valence-electron chi connectivity index (χ0n) is 19.9.